The minimum atomic E-state index is -1.55. The fourth-order valence-electron chi connectivity index (χ4n) is 4.39. The van der Waals surface area contributed by atoms with Crippen LogP contribution in [0.3, 0.4) is 0 Å². The third kappa shape index (κ3) is 12.5. The van der Waals surface area contributed by atoms with Crippen molar-refractivity contribution in [2.24, 2.45) is 0 Å². The summed E-state index contributed by atoms with van der Waals surface area (Å²) in [6, 6.07) is 23.5. The number of methoxy groups -OCH3 is 1. The molecule has 41 heavy (non-hydrogen) atoms. The average molecular weight is 774 g/mol. The zero-order chi connectivity index (χ0) is 31.3. The van der Waals surface area contributed by atoms with E-state index in [4.69, 9.17) is 4.43 Å². The van der Waals surface area contributed by atoms with Crippen molar-refractivity contribution < 1.29 is 19.1 Å². The van der Waals surface area contributed by atoms with Crippen LogP contribution in [0.4, 0.5) is 0 Å². The highest BCUT2D eigenvalue weighted by Crippen LogP contribution is 2.37. The molecule has 0 saturated heterocycles. The van der Waals surface area contributed by atoms with E-state index >= 15 is 0 Å². The summed E-state index contributed by atoms with van der Waals surface area (Å²) in [5, 5.41) is 10.2. The molecule has 0 heterocycles. The van der Waals surface area contributed by atoms with Crippen molar-refractivity contribution >= 4 is 62.1 Å². The predicted molar refractivity (Wildman–Crippen MR) is 185 cm³/mol. The van der Waals surface area contributed by atoms with E-state index in [0.717, 1.165) is 44.7 Å². The van der Waals surface area contributed by atoms with E-state index in [2.05, 4.69) is 110 Å². The Balaban J connectivity index is 0.000000316. The van der Waals surface area contributed by atoms with Gasteiger partial charge in [0, 0.05) is 13.4 Å². The molecule has 0 bridgehead atoms. The number of benzene rings is 3. The number of carbonyl (C=O) groups excluding carboxylic acids is 1. The maximum absolute atomic E-state index is 10.9. The minimum absolute atomic E-state index is 0.117. The van der Waals surface area contributed by atoms with Gasteiger partial charge in [-0.1, -0.05) is 106 Å². The topological polar surface area (TPSA) is 55.8 Å². The molecule has 0 radical (unpaired) electrons. The summed E-state index contributed by atoms with van der Waals surface area (Å²) in [4.78, 5) is 10.9. The van der Waals surface area contributed by atoms with Crippen LogP contribution in [-0.2, 0) is 20.4 Å². The van der Waals surface area contributed by atoms with Crippen LogP contribution in [0.25, 0.3) is 0 Å². The van der Waals surface area contributed by atoms with Gasteiger partial charge < -0.3 is 14.3 Å². The highest BCUT2D eigenvalue weighted by Gasteiger charge is 2.34. The van der Waals surface area contributed by atoms with Crippen LogP contribution in [-0.4, -0.2) is 26.5 Å². The summed E-state index contributed by atoms with van der Waals surface area (Å²) >= 11 is 10.2. The third-order valence-electron chi connectivity index (χ3n) is 6.77. The van der Waals surface area contributed by atoms with Gasteiger partial charge in [0.1, 0.15) is 0 Å². The van der Waals surface area contributed by atoms with Crippen LogP contribution in [0.2, 0.25) is 19.6 Å². The Labute approximate surface area is 273 Å². The number of hydrogen-bond acceptors (Lipinski definition) is 4. The number of halogens is 3. The summed E-state index contributed by atoms with van der Waals surface area (Å²) < 4.78 is 14.0. The van der Waals surface area contributed by atoms with E-state index in [0.29, 0.717) is 5.56 Å². The zero-order valence-corrected chi connectivity index (χ0v) is 31.3. The Morgan fingerprint density at radius 3 is 1.56 bits per heavy atom. The molecule has 3 aromatic rings. The van der Waals surface area contributed by atoms with Crippen LogP contribution in [0, 0.1) is 0 Å². The molecule has 0 spiro atoms. The largest absolute Gasteiger partial charge is 0.465 e. The lowest BCUT2D eigenvalue weighted by Crippen LogP contribution is -2.40. The maximum atomic E-state index is 10.9. The van der Waals surface area contributed by atoms with Crippen molar-refractivity contribution in [1.82, 2.24) is 0 Å². The normalized spacial score (nSPS) is 11.5. The molecule has 0 aliphatic heterocycles. The molecule has 8 heteroatoms. The van der Waals surface area contributed by atoms with Gasteiger partial charge in [-0.3, -0.25) is 0 Å². The summed E-state index contributed by atoms with van der Waals surface area (Å²) in [6.45, 7) is 15.2. The molecule has 0 saturated carbocycles. The van der Waals surface area contributed by atoms with Crippen molar-refractivity contribution in [2.75, 3.05) is 7.11 Å². The first-order chi connectivity index (χ1) is 19.2. The molecule has 0 aliphatic rings. The number of aliphatic hydroxyl groups is 1. The molecule has 0 aliphatic carbocycles. The second kappa shape index (κ2) is 17.7. The van der Waals surface area contributed by atoms with E-state index in [1.54, 1.807) is 18.2 Å². The summed E-state index contributed by atoms with van der Waals surface area (Å²) in [5.41, 5.74) is 2.06. The van der Waals surface area contributed by atoms with Crippen molar-refractivity contribution in [3.8, 4) is 0 Å². The number of esters is 1. The number of hydrogen-bond donors (Lipinski definition) is 1. The zero-order valence-electron chi connectivity index (χ0n) is 25.6. The van der Waals surface area contributed by atoms with Crippen molar-refractivity contribution in [2.45, 2.75) is 84.2 Å². The van der Waals surface area contributed by atoms with Gasteiger partial charge in [0.2, 0.25) is 0 Å². The van der Waals surface area contributed by atoms with Gasteiger partial charge in [-0.05, 0) is 98.9 Å². The number of ether oxygens (including phenoxy) is 1. The summed E-state index contributed by atoms with van der Waals surface area (Å²) in [6.07, 6.45) is 3.54. The smallest absolute Gasteiger partial charge is 0.337 e. The van der Waals surface area contributed by atoms with Gasteiger partial charge in [-0.2, -0.15) is 0 Å². The van der Waals surface area contributed by atoms with Crippen LogP contribution in [0.15, 0.2) is 86.2 Å². The quantitative estimate of drug-likeness (QED) is 0.174. The maximum Gasteiger partial charge on any atom is 0.337 e. The first-order valence-corrected chi connectivity index (χ1v) is 19.8. The lowest BCUT2D eigenvalue weighted by atomic mass is 9.89. The number of rotatable bonds is 9. The fourth-order valence-corrected chi connectivity index (χ4v) is 7.17. The van der Waals surface area contributed by atoms with E-state index in [-0.39, 0.29) is 11.6 Å². The van der Waals surface area contributed by atoms with Gasteiger partial charge >= 0.3 is 5.97 Å². The van der Waals surface area contributed by atoms with Gasteiger partial charge in [0.25, 0.3) is 0 Å². The Morgan fingerprint density at radius 2 is 1.17 bits per heavy atom. The molecular formula is C33H45Br3O4Si. The molecule has 226 valence electrons. The van der Waals surface area contributed by atoms with Crippen LogP contribution < -0.4 is 0 Å². The third-order valence-corrected chi connectivity index (χ3v) is 9.25. The summed E-state index contributed by atoms with van der Waals surface area (Å²) in [5.74, 6) is -0.314. The Hall–Kier alpha value is -1.29. The summed E-state index contributed by atoms with van der Waals surface area (Å²) in [7, 11) is -0.186. The standard InChI is InChI=1S/C14H23BrOSi.C11H15BrO.C8H7BrO2/c1-6-14(7-2,16-17(3,4)5)12-9-8-10-13(15)11-12;1-3-11(13,4-2)9-6-5-7-10(12)8-9;1-11-8(10)6-3-2-4-7(9)5-6/h8-11H,6-7H2,1-5H3;5-8,13H,3-4H2,1-2H3;2-5H,1H3. The minimum Gasteiger partial charge on any atom is -0.465 e. The van der Waals surface area contributed by atoms with Gasteiger partial charge in [-0.15, -0.1) is 0 Å². The lowest BCUT2D eigenvalue weighted by Gasteiger charge is -2.38. The molecule has 4 nitrogen and oxygen atoms in total. The predicted octanol–water partition coefficient (Wildman–Crippen LogP) is 11.0. The monoisotopic (exact) mass is 770 g/mol. The van der Waals surface area contributed by atoms with Gasteiger partial charge in [0.15, 0.2) is 8.32 Å². The Kier molecular flexibility index (Phi) is 16.3. The highest BCUT2D eigenvalue weighted by molar-refractivity contribution is 9.11. The molecule has 0 amide bonds. The first kappa shape index (κ1) is 37.7. The molecule has 3 rings (SSSR count). The fraction of sp³-hybridized carbons (Fsp3) is 0.424. The lowest BCUT2D eigenvalue weighted by molar-refractivity contribution is 0.0283. The van der Waals surface area contributed by atoms with Gasteiger partial charge in [0.05, 0.1) is 23.9 Å². The highest BCUT2D eigenvalue weighted by atomic mass is 79.9. The van der Waals surface area contributed by atoms with Crippen LogP contribution >= 0.6 is 47.8 Å². The van der Waals surface area contributed by atoms with Gasteiger partial charge in [-0.25, -0.2) is 4.79 Å². The van der Waals surface area contributed by atoms with Crippen molar-refractivity contribution in [1.29, 1.82) is 0 Å². The molecule has 0 aromatic heterocycles. The van der Waals surface area contributed by atoms with Crippen molar-refractivity contribution in [3.63, 3.8) is 0 Å². The number of carbonyl (C=O) groups is 1. The van der Waals surface area contributed by atoms with E-state index in [1.165, 1.54) is 12.7 Å². The van der Waals surface area contributed by atoms with E-state index < -0.39 is 13.9 Å². The second-order valence-electron chi connectivity index (χ2n) is 10.7. The van der Waals surface area contributed by atoms with E-state index in [1.807, 2.05) is 44.2 Å². The van der Waals surface area contributed by atoms with E-state index in [9.17, 15) is 9.90 Å². The van der Waals surface area contributed by atoms with Crippen LogP contribution in [0.1, 0.15) is 74.9 Å². The Morgan fingerprint density at radius 1 is 0.732 bits per heavy atom. The first-order valence-electron chi connectivity index (χ1n) is 14.0. The molecule has 0 fully saturated rings. The molecule has 0 atom stereocenters. The average Bonchev–Trinajstić information content (AvgIpc) is 2.95. The molecule has 3 aromatic carbocycles. The molecular weight excluding hydrogens is 728 g/mol. The van der Waals surface area contributed by atoms with Crippen LogP contribution in [0.5, 0.6) is 0 Å². The SMILES string of the molecule is CCC(CC)(O[Si](C)(C)C)c1cccc(Br)c1.CCC(O)(CC)c1cccc(Br)c1.COC(=O)c1cccc(Br)c1. The molecule has 1 N–H and O–H groups in total. The Bertz CT molecular complexity index is 1220. The van der Waals surface area contributed by atoms with Crippen molar-refractivity contribution in [3.05, 3.63) is 103 Å². The molecule has 0 unspecified atom stereocenters. The second-order valence-corrected chi connectivity index (χ2v) is 17.9.